The van der Waals surface area contributed by atoms with E-state index in [1.165, 1.54) is 6.42 Å². The molecule has 1 unspecified atom stereocenters. The lowest BCUT2D eigenvalue weighted by Gasteiger charge is -2.32. The molecular weight excluding hydrogens is 350 g/mol. The van der Waals surface area contributed by atoms with Crippen molar-refractivity contribution >= 4 is 28.7 Å². The van der Waals surface area contributed by atoms with Crippen LogP contribution in [0.5, 0.6) is 0 Å². The Morgan fingerprint density at radius 3 is 2.81 bits per heavy atom. The summed E-state index contributed by atoms with van der Waals surface area (Å²) in [5, 5.41) is 11.9. The number of fused-ring (bicyclic) bond motifs is 3. The summed E-state index contributed by atoms with van der Waals surface area (Å²) in [6.07, 6.45) is 2.36. The summed E-state index contributed by atoms with van der Waals surface area (Å²) >= 11 is 1.68. The lowest BCUT2D eigenvalue weighted by molar-refractivity contribution is -0.384. The Balaban J connectivity index is 1.65. The number of benzene rings is 1. The number of non-ortho nitro benzene ring substituents is 1. The number of rotatable bonds is 8. The van der Waals surface area contributed by atoms with E-state index in [0.29, 0.717) is 11.6 Å². The fraction of sp³-hybridized carbons (Fsp3) is 0.611. The van der Waals surface area contributed by atoms with Gasteiger partial charge in [-0.1, -0.05) is 13.8 Å². The van der Waals surface area contributed by atoms with Crippen LogP contribution >= 0.6 is 11.9 Å². The number of hydrogen-bond donors (Lipinski definition) is 0. The Morgan fingerprint density at radius 2 is 2.12 bits per heavy atom. The molecule has 142 valence electrons. The Bertz CT molecular complexity index is 774. The molecule has 1 atom stereocenters. The van der Waals surface area contributed by atoms with Crippen LogP contribution in [0.1, 0.15) is 33.6 Å². The first kappa shape index (κ1) is 19.1. The van der Waals surface area contributed by atoms with E-state index in [9.17, 15) is 10.1 Å². The van der Waals surface area contributed by atoms with Gasteiger partial charge in [0.15, 0.2) is 5.16 Å². The zero-order chi connectivity index (χ0) is 18.7. The number of hydrogen-bond acceptors (Lipinski definition) is 6. The standard InChI is InChI=1S/C18H27N5O2S/c1-4-20(5-2)10-6-7-14(3)22-12-11-21-17-9-8-15(23(24)25)13-16(17)19-18(21)26-22/h8-9,13-14H,4-7,10-12H2,1-3H3. The molecule has 0 fully saturated rings. The lowest BCUT2D eigenvalue weighted by Crippen LogP contribution is -2.34. The molecule has 2 heterocycles. The first-order chi connectivity index (χ1) is 12.5. The second-order valence-corrected chi connectivity index (χ2v) is 7.74. The Morgan fingerprint density at radius 1 is 1.35 bits per heavy atom. The van der Waals surface area contributed by atoms with Crippen molar-refractivity contribution in [1.82, 2.24) is 18.8 Å². The molecule has 0 saturated heterocycles. The van der Waals surface area contributed by atoms with Crippen LogP contribution < -0.4 is 0 Å². The third kappa shape index (κ3) is 4.02. The first-order valence-corrected chi connectivity index (χ1v) is 10.1. The molecule has 26 heavy (non-hydrogen) atoms. The normalized spacial score (nSPS) is 16.2. The largest absolute Gasteiger partial charge is 0.317 e. The van der Waals surface area contributed by atoms with E-state index in [-0.39, 0.29) is 10.6 Å². The van der Waals surface area contributed by atoms with Gasteiger partial charge in [-0.2, -0.15) is 0 Å². The van der Waals surface area contributed by atoms with E-state index in [1.807, 2.05) is 6.07 Å². The number of nitro benzene ring substituents is 1. The van der Waals surface area contributed by atoms with Gasteiger partial charge in [-0.25, -0.2) is 9.29 Å². The summed E-state index contributed by atoms with van der Waals surface area (Å²) < 4.78 is 4.57. The van der Waals surface area contributed by atoms with Gasteiger partial charge in [0, 0.05) is 31.3 Å². The maximum atomic E-state index is 11.0. The lowest BCUT2D eigenvalue weighted by atomic mass is 10.1. The third-order valence-electron chi connectivity index (χ3n) is 5.13. The molecule has 0 spiro atoms. The minimum atomic E-state index is -0.366. The summed E-state index contributed by atoms with van der Waals surface area (Å²) in [7, 11) is 0. The second-order valence-electron chi connectivity index (χ2n) is 6.73. The molecule has 2 aromatic rings. The topological polar surface area (TPSA) is 67.4 Å². The van der Waals surface area contributed by atoms with E-state index in [0.717, 1.165) is 49.8 Å². The van der Waals surface area contributed by atoms with E-state index < -0.39 is 0 Å². The van der Waals surface area contributed by atoms with E-state index in [2.05, 4.69) is 39.5 Å². The van der Waals surface area contributed by atoms with Crippen molar-refractivity contribution in [2.75, 3.05) is 26.2 Å². The zero-order valence-electron chi connectivity index (χ0n) is 15.7. The number of aromatic nitrogens is 2. The van der Waals surface area contributed by atoms with Gasteiger partial charge in [0.25, 0.3) is 5.69 Å². The van der Waals surface area contributed by atoms with Gasteiger partial charge in [0.05, 0.1) is 16.0 Å². The van der Waals surface area contributed by atoms with Crippen molar-refractivity contribution < 1.29 is 4.92 Å². The van der Waals surface area contributed by atoms with Gasteiger partial charge in [-0.3, -0.25) is 10.1 Å². The first-order valence-electron chi connectivity index (χ1n) is 9.35. The predicted octanol–water partition coefficient (Wildman–Crippen LogP) is 3.78. The van der Waals surface area contributed by atoms with Crippen LogP contribution in [0, 0.1) is 10.1 Å². The molecule has 1 aromatic heterocycles. The summed E-state index contributed by atoms with van der Waals surface area (Å²) in [4.78, 5) is 17.7. The molecule has 0 N–H and O–H groups in total. The van der Waals surface area contributed by atoms with Crippen LogP contribution in [0.4, 0.5) is 5.69 Å². The predicted molar refractivity (Wildman–Crippen MR) is 105 cm³/mol. The highest BCUT2D eigenvalue weighted by molar-refractivity contribution is 7.96. The van der Waals surface area contributed by atoms with Crippen LogP contribution in [-0.2, 0) is 6.54 Å². The SMILES string of the molecule is CCN(CC)CCCC(C)N1CCn2c(nc3cc([N+](=O)[O-])ccc32)S1. The van der Waals surface area contributed by atoms with Crippen molar-refractivity contribution in [3.05, 3.63) is 28.3 Å². The van der Waals surface area contributed by atoms with E-state index in [1.54, 1.807) is 24.1 Å². The van der Waals surface area contributed by atoms with E-state index >= 15 is 0 Å². The Kier molecular flexibility index (Phi) is 6.16. The highest BCUT2D eigenvalue weighted by Crippen LogP contribution is 2.33. The van der Waals surface area contributed by atoms with Crippen LogP contribution in [0.3, 0.4) is 0 Å². The maximum Gasteiger partial charge on any atom is 0.271 e. The molecule has 1 aromatic carbocycles. The fourth-order valence-corrected chi connectivity index (χ4v) is 4.54. The quantitative estimate of drug-likeness (QED) is 0.396. The molecule has 0 amide bonds. The summed E-state index contributed by atoms with van der Waals surface area (Å²) in [5.74, 6) is 0. The molecule has 1 aliphatic rings. The van der Waals surface area contributed by atoms with Gasteiger partial charge in [-0.05, 0) is 57.4 Å². The molecule has 1 aliphatic heterocycles. The average Bonchev–Trinajstić information content (AvgIpc) is 3.01. The second kappa shape index (κ2) is 8.37. The van der Waals surface area contributed by atoms with Crippen molar-refractivity contribution in [1.29, 1.82) is 0 Å². The minimum Gasteiger partial charge on any atom is -0.317 e. The third-order valence-corrected chi connectivity index (χ3v) is 6.38. The summed E-state index contributed by atoms with van der Waals surface area (Å²) in [6.45, 7) is 11.9. The fourth-order valence-electron chi connectivity index (χ4n) is 3.45. The molecule has 0 bridgehead atoms. The van der Waals surface area contributed by atoms with Gasteiger partial charge in [-0.15, -0.1) is 0 Å². The van der Waals surface area contributed by atoms with Gasteiger partial charge in [0.1, 0.15) is 0 Å². The highest BCUT2D eigenvalue weighted by Gasteiger charge is 2.25. The molecular formula is C18H27N5O2S. The van der Waals surface area contributed by atoms with Gasteiger partial charge >= 0.3 is 0 Å². The zero-order valence-corrected chi connectivity index (χ0v) is 16.5. The Labute approximate surface area is 158 Å². The van der Waals surface area contributed by atoms with Crippen molar-refractivity contribution in [2.45, 2.75) is 51.4 Å². The van der Waals surface area contributed by atoms with Crippen LogP contribution in [0.15, 0.2) is 23.4 Å². The van der Waals surface area contributed by atoms with Crippen molar-refractivity contribution in [3.8, 4) is 0 Å². The van der Waals surface area contributed by atoms with Gasteiger partial charge < -0.3 is 9.47 Å². The summed E-state index contributed by atoms with van der Waals surface area (Å²) in [5.41, 5.74) is 1.78. The van der Waals surface area contributed by atoms with Crippen LogP contribution in [0.25, 0.3) is 11.0 Å². The molecule has 0 aliphatic carbocycles. The van der Waals surface area contributed by atoms with Crippen molar-refractivity contribution in [3.63, 3.8) is 0 Å². The molecule has 7 nitrogen and oxygen atoms in total. The number of nitrogens with zero attached hydrogens (tertiary/aromatic N) is 5. The van der Waals surface area contributed by atoms with Crippen LogP contribution in [0.2, 0.25) is 0 Å². The van der Waals surface area contributed by atoms with E-state index in [4.69, 9.17) is 0 Å². The highest BCUT2D eigenvalue weighted by atomic mass is 32.2. The molecule has 0 radical (unpaired) electrons. The van der Waals surface area contributed by atoms with Crippen molar-refractivity contribution in [2.24, 2.45) is 0 Å². The number of imidazole rings is 1. The monoisotopic (exact) mass is 377 g/mol. The molecule has 0 saturated carbocycles. The minimum absolute atomic E-state index is 0.0968. The molecule has 8 heteroatoms. The molecule has 3 rings (SSSR count). The Hall–Kier alpha value is -1.64. The number of nitro groups is 1. The average molecular weight is 378 g/mol. The van der Waals surface area contributed by atoms with Gasteiger partial charge in [0.2, 0.25) is 0 Å². The maximum absolute atomic E-state index is 11.0. The van der Waals surface area contributed by atoms with Crippen LogP contribution in [-0.4, -0.2) is 55.9 Å². The summed E-state index contributed by atoms with van der Waals surface area (Å²) in [6, 6.07) is 5.43. The smallest absolute Gasteiger partial charge is 0.271 e.